The van der Waals surface area contributed by atoms with Crippen LogP contribution >= 0.6 is 11.6 Å². The van der Waals surface area contributed by atoms with Gasteiger partial charge in [-0.05, 0) is 24.6 Å². The molecule has 0 aliphatic carbocycles. The predicted octanol–water partition coefficient (Wildman–Crippen LogP) is 2.47. The van der Waals surface area contributed by atoms with Crippen LogP contribution in [0.2, 0.25) is 5.02 Å². The molecule has 0 saturated heterocycles. The van der Waals surface area contributed by atoms with Gasteiger partial charge in [-0.1, -0.05) is 23.7 Å². The smallest absolute Gasteiger partial charge is 0.343 e. The molecule has 2 N–H and O–H groups in total. The normalized spacial score (nSPS) is 16.4. The lowest BCUT2D eigenvalue weighted by Crippen LogP contribution is -2.30. The Balaban J connectivity index is 2.32. The van der Waals surface area contributed by atoms with E-state index in [2.05, 4.69) is 0 Å². The average molecular weight is 348 g/mol. The molecule has 0 spiro atoms. The lowest BCUT2D eigenvalue weighted by atomic mass is 9.84. The molecular weight excluding hydrogens is 334 g/mol. The average Bonchev–Trinajstić information content (AvgIpc) is 2.52. The van der Waals surface area contributed by atoms with Gasteiger partial charge < -0.3 is 19.6 Å². The first-order chi connectivity index (χ1) is 11.4. The largest absolute Gasteiger partial charge is 0.465 e. The maximum absolute atomic E-state index is 12.4. The van der Waals surface area contributed by atoms with Gasteiger partial charge in [-0.2, -0.15) is 0 Å². The molecule has 7 heteroatoms. The summed E-state index contributed by atoms with van der Waals surface area (Å²) >= 11 is 6.06. The van der Waals surface area contributed by atoms with Gasteiger partial charge in [0.2, 0.25) is 5.88 Å². The molecule has 1 aromatic carbocycles. The van der Waals surface area contributed by atoms with Crippen molar-refractivity contribution in [2.75, 3.05) is 7.11 Å². The van der Waals surface area contributed by atoms with Crippen LogP contribution < -0.4 is 16.1 Å². The van der Waals surface area contributed by atoms with E-state index in [9.17, 15) is 9.59 Å². The number of benzene rings is 1. The second kappa shape index (κ2) is 6.05. The molecule has 6 nitrogen and oxygen atoms in total. The maximum atomic E-state index is 12.4. The van der Waals surface area contributed by atoms with Crippen molar-refractivity contribution < 1.29 is 18.7 Å². The quantitative estimate of drug-likeness (QED) is 0.839. The molecule has 1 unspecified atom stereocenters. The van der Waals surface area contributed by atoms with Crippen molar-refractivity contribution in [1.29, 1.82) is 0 Å². The van der Waals surface area contributed by atoms with E-state index in [1.165, 1.54) is 7.11 Å². The maximum Gasteiger partial charge on any atom is 0.343 e. The fourth-order valence-electron chi connectivity index (χ4n) is 2.75. The zero-order valence-corrected chi connectivity index (χ0v) is 13.7. The van der Waals surface area contributed by atoms with Crippen molar-refractivity contribution in [3.8, 4) is 5.75 Å². The highest BCUT2D eigenvalue weighted by atomic mass is 35.5. The van der Waals surface area contributed by atoms with Gasteiger partial charge in [0, 0.05) is 11.1 Å². The van der Waals surface area contributed by atoms with Crippen LogP contribution in [0.5, 0.6) is 5.75 Å². The molecule has 0 fully saturated rings. The molecule has 0 saturated carbocycles. The van der Waals surface area contributed by atoms with Gasteiger partial charge in [-0.25, -0.2) is 9.59 Å². The number of carbonyl (C=O) groups excluding carboxylic acids is 1. The molecular formula is C17H14ClNO5. The number of aryl methyl sites for hydroxylation is 1. The molecule has 1 atom stereocenters. The molecule has 2 aromatic rings. The van der Waals surface area contributed by atoms with Crippen molar-refractivity contribution in [2.45, 2.75) is 12.8 Å². The highest BCUT2D eigenvalue weighted by molar-refractivity contribution is 6.30. The van der Waals surface area contributed by atoms with Crippen LogP contribution in [-0.2, 0) is 9.53 Å². The topological polar surface area (TPSA) is 91.8 Å². The van der Waals surface area contributed by atoms with E-state index in [0.717, 1.165) is 0 Å². The van der Waals surface area contributed by atoms with E-state index in [-0.39, 0.29) is 22.8 Å². The number of rotatable bonds is 2. The number of carbonyl (C=O) groups is 1. The summed E-state index contributed by atoms with van der Waals surface area (Å²) in [6.45, 7) is 1.62. The van der Waals surface area contributed by atoms with Gasteiger partial charge >= 0.3 is 11.6 Å². The van der Waals surface area contributed by atoms with E-state index >= 15 is 0 Å². The first-order valence-corrected chi connectivity index (χ1v) is 7.46. The molecule has 0 radical (unpaired) electrons. The second-order valence-electron chi connectivity index (χ2n) is 5.28. The Morgan fingerprint density at radius 1 is 1.33 bits per heavy atom. The van der Waals surface area contributed by atoms with E-state index in [1.807, 2.05) is 0 Å². The van der Waals surface area contributed by atoms with Crippen molar-refractivity contribution in [3.63, 3.8) is 0 Å². The van der Waals surface area contributed by atoms with Crippen LogP contribution in [-0.4, -0.2) is 13.1 Å². The Morgan fingerprint density at radius 2 is 2.08 bits per heavy atom. The van der Waals surface area contributed by atoms with Crippen LogP contribution in [0, 0.1) is 6.92 Å². The second-order valence-corrected chi connectivity index (χ2v) is 5.72. The minimum absolute atomic E-state index is 0.0309. The van der Waals surface area contributed by atoms with Gasteiger partial charge in [-0.3, -0.25) is 0 Å². The highest BCUT2D eigenvalue weighted by Crippen LogP contribution is 2.41. The van der Waals surface area contributed by atoms with Crippen molar-refractivity contribution in [3.05, 3.63) is 74.1 Å². The number of nitrogens with two attached hydrogens (primary N) is 1. The van der Waals surface area contributed by atoms with Crippen molar-refractivity contribution >= 4 is 17.6 Å². The zero-order valence-electron chi connectivity index (χ0n) is 13.0. The Hall–Kier alpha value is -2.73. The van der Waals surface area contributed by atoms with E-state index in [4.69, 9.17) is 31.2 Å². The molecule has 2 heterocycles. The molecule has 0 bridgehead atoms. The molecule has 24 heavy (non-hydrogen) atoms. The van der Waals surface area contributed by atoms with Crippen LogP contribution in [0.15, 0.2) is 51.0 Å². The standard InChI is InChI=1S/C17H14ClNO5/c1-8-6-11-13(17(21)23-8)12(9-4-3-5-10(18)7-9)14(15(19)24-11)16(20)22-2/h3-7,12H,19H2,1-2H3. The third kappa shape index (κ3) is 2.65. The molecule has 1 aromatic heterocycles. The summed E-state index contributed by atoms with van der Waals surface area (Å²) in [6.07, 6.45) is 0. The van der Waals surface area contributed by atoms with E-state index in [1.54, 1.807) is 37.3 Å². The molecule has 3 rings (SSSR count). The van der Waals surface area contributed by atoms with Gasteiger partial charge in [-0.15, -0.1) is 0 Å². The first kappa shape index (κ1) is 16.1. The summed E-state index contributed by atoms with van der Waals surface area (Å²) in [5, 5.41) is 0.458. The Kier molecular flexibility index (Phi) is 4.07. The Bertz CT molecular complexity index is 915. The zero-order chi connectivity index (χ0) is 17.4. The van der Waals surface area contributed by atoms with Gasteiger partial charge in [0.1, 0.15) is 17.1 Å². The summed E-state index contributed by atoms with van der Waals surface area (Å²) in [6, 6.07) is 8.34. The summed E-state index contributed by atoms with van der Waals surface area (Å²) in [5.41, 5.74) is 6.13. The van der Waals surface area contributed by atoms with E-state index < -0.39 is 17.5 Å². The number of hydrogen-bond donors (Lipinski definition) is 1. The lowest BCUT2D eigenvalue weighted by Gasteiger charge is -2.27. The molecule has 1 aliphatic heterocycles. The van der Waals surface area contributed by atoms with Crippen molar-refractivity contribution in [2.24, 2.45) is 5.73 Å². The van der Waals surface area contributed by atoms with Crippen LogP contribution in [0.25, 0.3) is 0 Å². The van der Waals surface area contributed by atoms with Gasteiger partial charge in [0.25, 0.3) is 0 Å². The van der Waals surface area contributed by atoms with Crippen LogP contribution in [0.1, 0.15) is 22.8 Å². The fraction of sp³-hybridized carbons (Fsp3) is 0.176. The molecule has 124 valence electrons. The number of ether oxygens (including phenoxy) is 2. The Labute approximate surface area is 142 Å². The van der Waals surface area contributed by atoms with Gasteiger partial charge in [0.05, 0.1) is 18.6 Å². The number of esters is 1. The summed E-state index contributed by atoms with van der Waals surface area (Å²) in [7, 11) is 1.23. The third-order valence-electron chi connectivity index (χ3n) is 3.72. The predicted molar refractivity (Wildman–Crippen MR) is 86.9 cm³/mol. The van der Waals surface area contributed by atoms with Crippen LogP contribution in [0.3, 0.4) is 0 Å². The Morgan fingerprint density at radius 3 is 2.75 bits per heavy atom. The number of fused-ring (bicyclic) bond motifs is 1. The minimum Gasteiger partial charge on any atom is -0.465 e. The first-order valence-electron chi connectivity index (χ1n) is 7.08. The molecule has 0 amide bonds. The highest BCUT2D eigenvalue weighted by Gasteiger charge is 2.38. The van der Waals surface area contributed by atoms with Gasteiger partial charge in [0.15, 0.2) is 0 Å². The summed E-state index contributed by atoms with van der Waals surface area (Å²) < 4.78 is 15.4. The molecule has 1 aliphatic rings. The van der Waals surface area contributed by atoms with Crippen molar-refractivity contribution in [1.82, 2.24) is 0 Å². The third-order valence-corrected chi connectivity index (χ3v) is 3.96. The summed E-state index contributed by atoms with van der Waals surface area (Å²) in [5.74, 6) is -0.985. The number of methoxy groups -OCH3 is 1. The summed E-state index contributed by atoms with van der Waals surface area (Å²) in [4.78, 5) is 24.6. The lowest BCUT2D eigenvalue weighted by molar-refractivity contribution is -0.136. The monoisotopic (exact) mass is 347 g/mol. The number of halogens is 1. The fourth-order valence-corrected chi connectivity index (χ4v) is 2.94. The minimum atomic E-state index is -0.795. The SMILES string of the molecule is COC(=O)C1=C(N)Oc2cc(C)oc(=O)c2C1c1cccc(Cl)c1. The van der Waals surface area contributed by atoms with Crippen LogP contribution in [0.4, 0.5) is 0 Å². The van der Waals surface area contributed by atoms with E-state index in [0.29, 0.717) is 16.3 Å². The number of hydrogen-bond acceptors (Lipinski definition) is 6.